The van der Waals surface area contributed by atoms with Crippen LogP contribution in [0.15, 0.2) is 38.6 Å². The molecule has 2 aromatic heterocycles. The molecule has 0 atom stereocenters. The Morgan fingerprint density at radius 1 is 1.35 bits per heavy atom. The van der Waals surface area contributed by atoms with Gasteiger partial charge in [-0.2, -0.15) is 0 Å². The zero-order valence-corrected chi connectivity index (χ0v) is 12.1. The first-order chi connectivity index (χ1) is 7.99. The molecule has 7 heteroatoms. The number of aryl methyl sites for hydroxylation is 1. The molecular weight excluding hydrogens is 324 g/mol. The van der Waals surface area contributed by atoms with Gasteiger partial charge in [0, 0.05) is 6.20 Å². The van der Waals surface area contributed by atoms with E-state index in [1.807, 2.05) is 6.92 Å². The number of halogens is 1. The number of anilines is 1. The molecule has 0 aliphatic heterocycles. The van der Waals surface area contributed by atoms with E-state index >= 15 is 0 Å². The largest absolute Gasteiger partial charge is 0.277 e. The third-order valence-electron chi connectivity index (χ3n) is 2.10. The molecule has 2 heterocycles. The summed E-state index contributed by atoms with van der Waals surface area (Å²) in [7, 11) is -3.52. The molecule has 0 saturated carbocycles. The molecule has 0 aromatic carbocycles. The third-order valence-corrected chi connectivity index (χ3v) is 5.58. The third kappa shape index (κ3) is 2.85. The van der Waals surface area contributed by atoms with Gasteiger partial charge in [0.05, 0.1) is 15.7 Å². The number of thiophene rings is 1. The van der Waals surface area contributed by atoms with Crippen molar-refractivity contribution in [1.29, 1.82) is 0 Å². The quantitative estimate of drug-likeness (QED) is 0.939. The average molecular weight is 333 g/mol. The molecule has 4 nitrogen and oxygen atoms in total. The first-order valence-corrected chi connectivity index (χ1v) is 7.77. The lowest BCUT2D eigenvalue weighted by Gasteiger charge is -2.07. The van der Waals surface area contributed by atoms with Crippen LogP contribution in [0.25, 0.3) is 0 Å². The van der Waals surface area contributed by atoms with Crippen LogP contribution in [-0.2, 0) is 10.0 Å². The van der Waals surface area contributed by atoms with Crippen LogP contribution in [0.1, 0.15) is 5.56 Å². The van der Waals surface area contributed by atoms with Crippen molar-refractivity contribution in [2.75, 3.05) is 4.72 Å². The van der Waals surface area contributed by atoms with Gasteiger partial charge in [0.1, 0.15) is 4.21 Å². The van der Waals surface area contributed by atoms with E-state index in [-0.39, 0.29) is 4.21 Å². The molecule has 0 bridgehead atoms. The average Bonchev–Trinajstić information content (AvgIpc) is 2.69. The molecule has 1 N–H and O–H groups in total. The van der Waals surface area contributed by atoms with Crippen LogP contribution < -0.4 is 4.72 Å². The standard InChI is InChI=1S/C10H9BrN2O2S2/c1-7-4-5-12-6-8(7)13-17(14,15)10-3-2-9(11)16-10/h2-6,13H,1H3. The molecule has 90 valence electrons. The van der Waals surface area contributed by atoms with Crippen LogP contribution in [0.2, 0.25) is 0 Å². The predicted molar refractivity (Wildman–Crippen MR) is 71.8 cm³/mol. The minimum atomic E-state index is -3.52. The van der Waals surface area contributed by atoms with Crippen LogP contribution in [0.3, 0.4) is 0 Å². The summed E-state index contributed by atoms with van der Waals surface area (Å²) in [5.41, 5.74) is 1.33. The molecule has 0 fully saturated rings. The van der Waals surface area contributed by atoms with E-state index in [1.165, 1.54) is 17.5 Å². The number of nitrogens with one attached hydrogen (secondary N) is 1. The van der Waals surface area contributed by atoms with E-state index in [1.54, 1.807) is 24.4 Å². The maximum atomic E-state index is 12.0. The van der Waals surface area contributed by atoms with Crippen LogP contribution in [0.4, 0.5) is 5.69 Å². The van der Waals surface area contributed by atoms with Crippen molar-refractivity contribution in [3.63, 3.8) is 0 Å². The van der Waals surface area contributed by atoms with Crippen LogP contribution in [0, 0.1) is 6.92 Å². The molecule has 2 aromatic rings. The first kappa shape index (κ1) is 12.5. The van der Waals surface area contributed by atoms with Gasteiger partial charge in [-0.05, 0) is 46.6 Å². The van der Waals surface area contributed by atoms with E-state index in [2.05, 4.69) is 25.6 Å². The van der Waals surface area contributed by atoms with Crippen LogP contribution in [0.5, 0.6) is 0 Å². The number of aromatic nitrogens is 1. The Bertz CT molecular complexity index is 637. The Kier molecular flexibility index (Phi) is 3.50. The number of hydrogen-bond donors (Lipinski definition) is 1. The molecule has 0 spiro atoms. The normalized spacial score (nSPS) is 11.4. The maximum absolute atomic E-state index is 12.0. The Labute approximate surface area is 112 Å². The van der Waals surface area contributed by atoms with Gasteiger partial charge in [0.15, 0.2) is 0 Å². The van der Waals surface area contributed by atoms with Gasteiger partial charge in [-0.3, -0.25) is 9.71 Å². The number of nitrogens with zero attached hydrogens (tertiary/aromatic N) is 1. The maximum Gasteiger partial charge on any atom is 0.271 e. The number of hydrogen-bond acceptors (Lipinski definition) is 4. The monoisotopic (exact) mass is 332 g/mol. The zero-order valence-electron chi connectivity index (χ0n) is 8.84. The minimum Gasteiger partial charge on any atom is -0.277 e. The van der Waals surface area contributed by atoms with E-state index in [9.17, 15) is 8.42 Å². The summed E-state index contributed by atoms with van der Waals surface area (Å²) in [5.74, 6) is 0. The minimum absolute atomic E-state index is 0.271. The summed E-state index contributed by atoms with van der Waals surface area (Å²) in [5, 5.41) is 0. The summed E-state index contributed by atoms with van der Waals surface area (Å²) in [6, 6.07) is 5.01. The van der Waals surface area contributed by atoms with Gasteiger partial charge in [0.25, 0.3) is 10.0 Å². The smallest absolute Gasteiger partial charge is 0.271 e. The van der Waals surface area contributed by atoms with Crippen molar-refractivity contribution in [1.82, 2.24) is 4.98 Å². The van der Waals surface area contributed by atoms with Crippen molar-refractivity contribution in [3.05, 3.63) is 39.9 Å². The molecule has 0 aliphatic rings. The van der Waals surface area contributed by atoms with Crippen LogP contribution in [-0.4, -0.2) is 13.4 Å². The highest BCUT2D eigenvalue weighted by Crippen LogP contribution is 2.27. The van der Waals surface area contributed by atoms with Crippen molar-refractivity contribution >= 4 is 43.0 Å². The lowest BCUT2D eigenvalue weighted by Crippen LogP contribution is -2.12. The zero-order chi connectivity index (χ0) is 12.5. The van der Waals surface area contributed by atoms with Gasteiger partial charge in [-0.1, -0.05) is 0 Å². The van der Waals surface area contributed by atoms with Crippen molar-refractivity contribution in [2.45, 2.75) is 11.1 Å². The Hall–Kier alpha value is -0.920. The van der Waals surface area contributed by atoms with E-state index in [0.717, 1.165) is 9.35 Å². The van der Waals surface area contributed by atoms with Crippen molar-refractivity contribution in [2.24, 2.45) is 0 Å². The first-order valence-electron chi connectivity index (χ1n) is 4.68. The Morgan fingerprint density at radius 2 is 2.12 bits per heavy atom. The fourth-order valence-electron chi connectivity index (χ4n) is 1.21. The summed E-state index contributed by atoms with van der Waals surface area (Å²) in [4.78, 5) is 3.90. The Morgan fingerprint density at radius 3 is 2.71 bits per heavy atom. The van der Waals surface area contributed by atoms with E-state index in [4.69, 9.17) is 0 Å². The van der Waals surface area contributed by atoms with Gasteiger partial charge >= 0.3 is 0 Å². The van der Waals surface area contributed by atoms with E-state index < -0.39 is 10.0 Å². The number of rotatable bonds is 3. The van der Waals surface area contributed by atoms with Crippen LogP contribution >= 0.6 is 27.3 Å². The summed E-state index contributed by atoms with van der Waals surface area (Å²) in [6.07, 6.45) is 3.12. The molecule has 0 saturated heterocycles. The second-order valence-corrected chi connectivity index (χ2v) is 7.73. The molecule has 0 amide bonds. The molecule has 17 heavy (non-hydrogen) atoms. The summed E-state index contributed by atoms with van der Waals surface area (Å²) < 4.78 is 27.6. The summed E-state index contributed by atoms with van der Waals surface area (Å²) in [6.45, 7) is 1.82. The van der Waals surface area contributed by atoms with Crippen molar-refractivity contribution in [3.8, 4) is 0 Å². The highest BCUT2D eigenvalue weighted by atomic mass is 79.9. The highest BCUT2D eigenvalue weighted by molar-refractivity contribution is 9.11. The lowest BCUT2D eigenvalue weighted by molar-refractivity contribution is 0.603. The lowest BCUT2D eigenvalue weighted by atomic mass is 10.3. The van der Waals surface area contributed by atoms with Crippen molar-refractivity contribution < 1.29 is 8.42 Å². The topological polar surface area (TPSA) is 59.1 Å². The molecule has 0 aliphatic carbocycles. The van der Waals surface area contributed by atoms with Gasteiger partial charge < -0.3 is 0 Å². The summed E-state index contributed by atoms with van der Waals surface area (Å²) >= 11 is 4.40. The Balaban J connectivity index is 2.33. The van der Waals surface area contributed by atoms with E-state index in [0.29, 0.717) is 5.69 Å². The number of pyridine rings is 1. The second-order valence-electron chi connectivity index (χ2n) is 3.35. The SMILES string of the molecule is Cc1ccncc1NS(=O)(=O)c1ccc(Br)s1. The fraction of sp³-hybridized carbons (Fsp3) is 0.100. The van der Waals surface area contributed by atoms with Gasteiger partial charge in [0.2, 0.25) is 0 Å². The predicted octanol–water partition coefficient (Wildman–Crippen LogP) is 3.01. The molecule has 2 rings (SSSR count). The fourth-order valence-corrected chi connectivity index (χ4v) is 4.33. The van der Waals surface area contributed by atoms with Gasteiger partial charge in [-0.25, -0.2) is 8.42 Å². The highest BCUT2D eigenvalue weighted by Gasteiger charge is 2.17. The number of sulfonamides is 1. The molecule has 0 radical (unpaired) electrons. The van der Waals surface area contributed by atoms with Gasteiger partial charge in [-0.15, -0.1) is 11.3 Å². The second kappa shape index (κ2) is 4.75. The molecule has 0 unspecified atom stereocenters. The molecular formula is C10H9BrN2O2S2.